The Bertz CT molecular complexity index is 1100. The highest BCUT2D eigenvalue weighted by molar-refractivity contribution is 6.05. The van der Waals surface area contributed by atoms with Gasteiger partial charge in [-0.2, -0.15) is 0 Å². The molecule has 3 rings (SSSR count). The Hall–Kier alpha value is -4.21. The van der Waals surface area contributed by atoms with E-state index < -0.39 is 10.8 Å². The van der Waals surface area contributed by atoms with Crippen LogP contribution in [0, 0.1) is 10.1 Å². The molecule has 172 valence electrons. The molecule has 0 radical (unpaired) electrons. The van der Waals surface area contributed by atoms with Crippen LogP contribution in [0.2, 0.25) is 0 Å². The quantitative estimate of drug-likeness (QED) is 0.282. The van der Waals surface area contributed by atoms with Crippen LogP contribution < -0.4 is 14.8 Å². The van der Waals surface area contributed by atoms with E-state index in [4.69, 9.17) is 9.47 Å². The maximum Gasteiger partial charge on any atom is 0.270 e. The van der Waals surface area contributed by atoms with Gasteiger partial charge in [-0.1, -0.05) is 0 Å². The summed E-state index contributed by atoms with van der Waals surface area (Å²) in [5, 5.41) is 13.5. The van der Waals surface area contributed by atoms with Crippen LogP contribution in [0.25, 0.3) is 6.08 Å². The lowest BCUT2D eigenvalue weighted by atomic mass is 10.1. The largest absolute Gasteiger partial charge is 0.496 e. The summed E-state index contributed by atoms with van der Waals surface area (Å²) in [5.41, 5.74) is 0.698. The second kappa shape index (κ2) is 10.4. The normalized spacial score (nSPS) is 13.4. The number of methoxy groups -OCH3 is 2. The highest BCUT2D eigenvalue weighted by atomic mass is 16.6. The number of nitro benzene ring substituents is 1. The number of carbonyl (C=O) groups excluding carboxylic acids is 3. The van der Waals surface area contributed by atoms with Gasteiger partial charge >= 0.3 is 0 Å². The summed E-state index contributed by atoms with van der Waals surface area (Å²) < 4.78 is 10.6. The summed E-state index contributed by atoms with van der Waals surface area (Å²) in [4.78, 5) is 49.2. The van der Waals surface area contributed by atoms with E-state index in [1.54, 1.807) is 4.90 Å². The second-order valence-corrected chi connectivity index (χ2v) is 7.27. The van der Waals surface area contributed by atoms with Gasteiger partial charge in [0.1, 0.15) is 17.2 Å². The van der Waals surface area contributed by atoms with Crippen molar-refractivity contribution in [2.75, 3.05) is 27.3 Å². The minimum absolute atomic E-state index is 0.000501. The molecule has 2 aromatic carbocycles. The fourth-order valence-corrected chi connectivity index (χ4v) is 3.48. The van der Waals surface area contributed by atoms with Crippen molar-refractivity contribution < 1.29 is 28.8 Å². The minimum atomic E-state index is -0.598. The molecule has 0 atom stereocenters. The fourth-order valence-electron chi connectivity index (χ4n) is 3.48. The molecule has 0 bridgehead atoms. The number of hydrogen-bond acceptors (Lipinski definition) is 7. The van der Waals surface area contributed by atoms with Crippen molar-refractivity contribution in [3.05, 3.63) is 68.9 Å². The molecule has 0 aliphatic carbocycles. The standard InChI is InChI=1S/C23H23N3O7/c1-32-20-13-17(14-27)21(33-2)12-16(20)11-19(23(29)25-9-3-4-10-25)24-22(28)15-5-7-18(8-6-15)26(30)31/h5-8,11-14H,3-4,9-10H2,1-2H3,(H,24,28)/b19-11-. The summed E-state index contributed by atoms with van der Waals surface area (Å²) in [6, 6.07) is 8.08. The maximum atomic E-state index is 13.2. The zero-order chi connectivity index (χ0) is 24.0. The highest BCUT2D eigenvalue weighted by Crippen LogP contribution is 2.30. The van der Waals surface area contributed by atoms with Gasteiger partial charge in [0, 0.05) is 36.3 Å². The summed E-state index contributed by atoms with van der Waals surface area (Å²) in [6.45, 7) is 1.13. The molecule has 2 aromatic rings. The van der Waals surface area contributed by atoms with E-state index in [0.717, 1.165) is 12.8 Å². The number of benzene rings is 2. The smallest absolute Gasteiger partial charge is 0.270 e. The van der Waals surface area contributed by atoms with Gasteiger partial charge in [0.2, 0.25) is 0 Å². The molecule has 1 aliphatic heterocycles. The molecule has 33 heavy (non-hydrogen) atoms. The monoisotopic (exact) mass is 453 g/mol. The first kappa shape index (κ1) is 23.5. The first-order chi connectivity index (χ1) is 15.9. The van der Waals surface area contributed by atoms with Crippen LogP contribution in [-0.2, 0) is 4.79 Å². The molecule has 1 aliphatic rings. The highest BCUT2D eigenvalue weighted by Gasteiger charge is 2.24. The summed E-state index contributed by atoms with van der Waals surface area (Å²) in [5.74, 6) is -0.372. The third-order valence-corrected chi connectivity index (χ3v) is 5.22. The number of nitrogens with zero attached hydrogens (tertiary/aromatic N) is 2. The van der Waals surface area contributed by atoms with Gasteiger partial charge in [-0.05, 0) is 43.2 Å². The number of carbonyl (C=O) groups is 3. The number of nitro groups is 1. The predicted octanol–water partition coefficient (Wildman–Crippen LogP) is 2.82. The van der Waals surface area contributed by atoms with E-state index >= 15 is 0 Å². The number of amides is 2. The van der Waals surface area contributed by atoms with E-state index in [2.05, 4.69) is 5.32 Å². The van der Waals surface area contributed by atoms with Crippen LogP contribution >= 0.6 is 0 Å². The Morgan fingerprint density at radius 3 is 2.15 bits per heavy atom. The van der Waals surface area contributed by atoms with E-state index in [0.29, 0.717) is 30.7 Å². The van der Waals surface area contributed by atoms with Crippen molar-refractivity contribution in [3.63, 3.8) is 0 Å². The average Bonchev–Trinajstić information content (AvgIpc) is 3.37. The molecule has 10 nitrogen and oxygen atoms in total. The van der Waals surface area contributed by atoms with Gasteiger partial charge < -0.3 is 19.7 Å². The number of ether oxygens (including phenoxy) is 2. The van der Waals surface area contributed by atoms with Crippen LogP contribution in [0.1, 0.15) is 39.1 Å². The molecule has 1 fully saturated rings. The molecule has 0 spiro atoms. The van der Waals surface area contributed by atoms with Gasteiger partial charge in [0.15, 0.2) is 6.29 Å². The van der Waals surface area contributed by atoms with E-state index in [1.165, 1.54) is 56.7 Å². The van der Waals surface area contributed by atoms with Crippen LogP contribution in [0.15, 0.2) is 42.1 Å². The van der Waals surface area contributed by atoms with Crippen molar-refractivity contribution in [1.82, 2.24) is 10.2 Å². The van der Waals surface area contributed by atoms with Crippen molar-refractivity contribution >= 4 is 29.9 Å². The van der Waals surface area contributed by atoms with Crippen molar-refractivity contribution in [2.45, 2.75) is 12.8 Å². The molecular weight excluding hydrogens is 430 g/mol. The summed E-state index contributed by atoms with van der Waals surface area (Å²) in [6.07, 6.45) is 3.81. The number of likely N-dealkylation sites (tertiary alicyclic amines) is 1. The van der Waals surface area contributed by atoms with Crippen LogP contribution in [-0.4, -0.2) is 55.2 Å². The SMILES string of the molecule is COc1cc(/C=C(\NC(=O)c2ccc([N+](=O)[O-])cc2)C(=O)N2CCCC2)c(OC)cc1C=O. The molecule has 0 unspecified atom stereocenters. The molecule has 1 saturated heterocycles. The Balaban J connectivity index is 2.00. The first-order valence-electron chi connectivity index (χ1n) is 10.2. The van der Waals surface area contributed by atoms with Crippen molar-refractivity contribution in [1.29, 1.82) is 0 Å². The van der Waals surface area contributed by atoms with Crippen molar-refractivity contribution in [2.24, 2.45) is 0 Å². The van der Waals surface area contributed by atoms with E-state index in [9.17, 15) is 24.5 Å². The number of non-ortho nitro benzene ring substituents is 1. The lowest BCUT2D eigenvalue weighted by Crippen LogP contribution is -2.36. The molecule has 0 aromatic heterocycles. The molecular formula is C23H23N3O7. The number of aldehydes is 1. The van der Waals surface area contributed by atoms with Crippen LogP contribution in [0.3, 0.4) is 0 Å². The molecule has 1 heterocycles. The number of rotatable bonds is 8. The van der Waals surface area contributed by atoms with Gasteiger partial charge in [0.05, 0.1) is 24.7 Å². The summed E-state index contributed by atoms with van der Waals surface area (Å²) in [7, 11) is 2.83. The minimum Gasteiger partial charge on any atom is -0.496 e. The Kier molecular flexibility index (Phi) is 7.39. The molecule has 0 saturated carbocycles. The third kappa shape index (κ3) is 5.35. The lowest BCUT2D eigenvalue weighted by molar-refractivity contribution is -0.384. The zero-order valence-corrected chi connectivity index (χ0v) is 18.2. The fraction of sp³-hybridized carbons (Fsp3) is 0.261. The average molecular weight is 453 g/mol. The maximum absolute atomic E-state index is 13.2. The van der Waals surface area contributed by atoms with E-state index in [-0.39, 0.29) is 34.2 Å². The van der Waals surface area contributed by atoms with Gasteiger partial charge in [-0.15, -0.1) is 0 Å². The van der Waals surface area contributed by atoms with Crippen LogP contribution in [0.5, 0.6) is 11.5 Å². The van der Waals surface area contributed by atoms with Gasteiger partial charge in [-0.25, -0.2) is 0 Å². The second-order valence-electron chi connectivity index (χ2n) is 7.27. The van der Waals surface area contributed by atoms with E-state index in [1.807, 2.05) is 0 Å². The van der Waals surface area contributed by atoms with Gasteiger partial charge in [0.25, 0.3) is 17.5 Å². The topological polar surface area (TPSA) is 128 Å². The Morgan fingerprint density at radius 1 is 1.03 bits per heavy atom. The molecule has 10 heteroatoms. The Morgan fingerprint density at radius 2 is 1.61 bits per heavy atom. The predicted molar refractivity (Wildman–Crippen MR) is 119 cm³/mol. The molecule has 1 N–H and O–H groups in total. The summed E-state index contributed by atoms with van der Waals surface area (Å²) >= 11 is 0. The zero-order valence-electron chi connectivity index (χ0n) is 18.2. The van der Waals surface area contributed by atoms with Gasteiger partial charge in [-0.3, -0.25) is 24.5 Å². The first-order valence-corrected chi connectivity index (χ1v) is 10.2. The third-order valence-electron chi connectivity index (χ3n) is 5.22. The van der Waals surface area contributed by atoms with Crippen molar-refractivity contribution in [3.8, 4) is 11.5 Å². The number of nitrogens with one attached hydrogen (secondary N) is 1. The van der Waals surface area contributed by atoms with Crippen LogP contribution in [0.4, 0.5) is 5.69 Å². The lowest BCUT2D eigenvalue weighted by Gasteiger charge is -2.19. The Labute approximate surface area is 189 Å². The molecule has 2 amide bonds. The number of hydrogen-bond donors (Lipinski definition) is 1.